The van der Waals surface area contributed by atoms with Crippen molar-refractivity contribution in [3.8, 4) is 5.75 Å². The van der Waals surface area contributed by atoms with E-state index in [1.165, 1.54) is 28.8 Å². The highest BCUT2D eigenvalue weighted by atomic mass is 35.5. The average molecular weight is 353 g/mol. The molecule has 5 nitrogen and oxygen atoms in total. The topological polar surface area (TPSA) is 63.8 Å². The molecule has 0 spiro atoms. The Hall–Kier alpha value is -2.67. The van der Waals surface area contributed by atoms with Crippen molar-refractivity contribution in [3.05, 3.63) is 64.1 Å². The van der Waals surface area contributed by atoms with E-state index in [-0.39, 0.29) is 40.0 Å². The van der Waals surface area contributed by atoms with Crippen LogP contribution in [-0.2, 0) is 6.61 Å². The fraction of sp³-hybridized carbons (Fsp3) is 0.125. The number of rotatable bonds is 4. The first-order chi connectivity index (χ1) is 11.4. The van der Waals surface area contributed by atoms with Crippen molar-refractivity contribution in [3.63, 3.8) is 0 Å². The number of imidazole rings is 1. The highest BCUT2D eigenvalue weighted by molar-refractivity contribution is 6.30. The van der Waals surface area contributed by atoms with Crippen LogP contribution in [0.5, 0.6) is 5.75 Å². The molecular formula is C16H11ClF2N2O3. The van der Waals surface area contributed by atoms with Gasteiger partial charge >= 0.3 is 5.97 Å². The van der Waals surface area contributed by atoms with Crippen LogP contribution in [-0.4, -0.2) is 20.5 Å². The van der Waals surface area contributed by atoms with Crippen molar-refractivity contribution in [1.82, 2.24) is 9.38 Å². The van der Waals surface area contributed by atoms with E-state index in [4.69, 9.17) is 16.3 Å². The quantitative estimate of drug-likeness (QED) is 0.774. The standard InChI is InChI=1S/C16H11ClF2N2O3/c1-8-14(16(22)23)21-6-10(17)5-12(15(21)20-8)24-7-9-3-2-4-11(18)13(9)19/h2-6H,7H2,1H3,(H,22,23). The number of carbonyl (C=O) groups is 1. The molecule has 0 fully saturated rings. The van der Waals surface area contributed by atoms with Crippen molar-refractivity contribution >= 4 is 23.2 Å². The minimum absolute atomic E-state index is 0.0230. The number of hydrogen-bond acceptors (Lipinski definition) is 3. The van der Waals surface area contributed by atoms with Gasteiger partial charge in [0.15, 0.2) is 28.7 Å². The van der Waals surface area contributed by atoms with Crippen LogP contribution in [0, 0.1) is 18.6 Å². The predicted molar refractivity (Wildman–Crippen MR) is 82.6 cm³/mol. The minimum atomic E-state index is -1.16. The Labute approximate surface area is 140 Å². The maximum absolute atomic E-state index is 13.7. The molecule has 0 amide bonds. The highest BCUT2D eigenvalue weighted by Gasteiger charge is 2.19. The van der Waals surface area contributed by atoms with Gasteiger partial charge < -0.3 is 9.84 Å². The number of halogens is 3. The number of ether oxygens (including phenoxy) is 1. The summed E-state index contributed by atoms with van der Waals surface area (Å²) in [6.07, 6.45) is 1.40. The number of aromatic nitrogens is 2. The summed E-state index contributed by atoms with van der Waals surface area (Å²) in [4.78, 5) is 15.5. The third-order valence-corrected chi connectivity index (χ3v) is 3.65. The number of nitrogens with zero attached hydrogens (tertiary/aromatic N) is 2. The molecule has 0 aliphatic heterocycles. The summed E-state index contributed by atoms with van der Waals surface area (Å²) in [5.41, 5.74) is 0.488. The summed E-state index contributed by atoms with van der Waals surface area (Å²) in [6, 6.07) is 5.20. The zero-order chi connectivity index (χ0) is 17.4. The van der Waals surface area contributed by atoms with Crippen molar-refractivity contribution in [2.45, 2.75) is 13.5 Å². The van der Waals surface area contributed by atoms with Gasteiger partial charge in [0, 0.05) is 17.8 Å². The number of carboxylic acid groups (broad SMARTS) is 1. The number of aryl methyl sites for hydroxylation is 1. The number of pyridine rings is 1. The van der Waals surface area contributed by atoms with E-state index in [0.29, 0.717) is 0 Å². The van der Waals surface area contributed by atoms with Crippen LogP contribution in [0.15, 0.2) is 30.5 Å². The predicted octanol–water partition coefficient (Wildman–Crippen LogP) is 3.85. The minimum Gasteiger partial charge on any atom is -0.485 e. The van der Waals surface area contributed by atoms with Gasteiger partial charge in [-0.05, 0) is 13.0 Å². The maximum atomic E-state index is 13.7. The van der Waals surface area contributed by atoms with E-state index in [1.54, 1.807) is 6.92 Å². The van der Waals surface area contributed by atoms with Crippen LogP contribution in [0.2, 0.25) is 5.02 Å². The molecule has 0 bridgehead atoms. The van der Waals surface area contributed by atoms with Crippen LogP contribution < -0.4 is 4.74 Å². The van der Waals surface area contributed by atoms with E-state index >= 15 is 0 Å². The molecule has 8 heteroatoms. The van der Waals surface area contributed by atoms with Gasteiger partial charge in [-0.3, -0.25) is 4.40 Å². The van der Waals surface area contributed by atoms with Crippen LogP contribution in [0.3, 0.4) is 0 Å². The Balaban J connectivity index is 2.02. The Bertz CT molecular complexity index is 956. The first-order valence-corrected chi connectivity index (χ1v) is 7.23. The van der Waals surface area contributed by atoms with Crippen molar-refractivity contribution < 1.29 is 23.4 Å². The summed E-state index contributed by atoms with van der Waals surface area (Å²) in [6.45, 7) is 1.29. The van der Waals surface area contributed by atoms with Crippen molar-refractivity contribution in [1.29, 1.82) is 0 Å². The maximum Gasteiger partial charge on any atom is 0.354 e. The molecule has 0 radical (unpaired) electrons. The first-order valence-electron chi connectivity index (χ1n) is 6.85. The Morgan fingerprint density at radius 1 is 1.42 bits per heavy atom. The molecule has 3 aromatic rings. The summed E-state index contributed by atoms with van der Waals surface area (Å²) >= 11 is 5.99. The second kappa shape index (κ2) is 6.09. The smallest absolute Gasteiger partial charge is 0.354 e. The summed E-state index contributed by atoms with van der Waals surface area (Å²) in [5, 5.41) is 9.49. The number of hydrogen-bond donors (Lipinski definition) is 1. The van der Waals surface area contributed by atoms with Gasteiger partial charge in [0.25, 0.3) is 0 Å². The molecule has 2 aromatic heterocycles. The fourth-order valence-electron chi connectivity index (χ4n) is 2.38. The van der Waals surface area contributed by atoms with Crippen LogP contribution in [0.25, 0.3) is 5.65 Å². The van der Waals surface area contributed by atoms with Crippen molar-refractivity contribution in [2.75, 3.05) is 0 Å². The zero-order valence-corrected chi connectivity index (χ0v) is 13.1. The molecule has 1 N–H and O–H groups in total. The van der Waals surface area contributed by atoms with Crippen LogP contribution >= 0.6 is 11.6 Å². The van der Waals surface area contributed by atoms with E-state index in [2.05, 4.69) is 4.98 Å². The lowest BCUT2D eigenvalue weighted by Crippen LogP contribution is -2.05. The molecule has 0 saturated carbocycles. The lowest BCUT2D eigenvalue weighted by molar-refractivity contribution is 0.0688. The average Bonchev–Trinajstić information content (AvgIpc) is 2.84. The van der Waals surface area contributed by atoms with Gasteiger partial charge in [0.05, 0.1) is 10.7 Å². The molecule has 0 aliphatic rings. The SMILES string of the molecule is Cc1nc2c(OCc3cccc(F)c3F)cc(Cl)cn2c1C(=O)O. The number of carboxylic acids is 1. The molecule has 0 unspecified atom stereocenters. The molecular weight excluding hydrogens is 342 g/mol. The lowest BCUT2D eigenvalue weighted by atomic mass is 10.2. The highest BCUT2D eigenvalue weighted by Crippen LogP contribution is 2.27. The van der Waals surface area contributed by atoms with Gasteiger partial charge in [-0.15, -0.1) is 0 Å². The van der Waals surface area contributed by atoms with E-state index in [9.17, 15) is 18.7 Å². The summed E-state index contributed by atoms with van der Waals surface area (Å²) in [7, 11) is 0. The largest absolute Gasteiger partial charge is 0.485 e. The van der Waals surface area contributed by atoms with Crippen LogP contribution in [0.4, 0.5) is 8.78 Å². The van der Waals surface area contributed by atoms with Crippen LogP contribution in [0.1, 0.15) is 21.7 Å². The molecule has 24 heavy (non-hydrogen) atoms. The molecule has 3 rings (SSSR count). The molecule has 1 aromatic carbocycles. The monoisotopic (exact) mass is 352 g/mol. The fourth-order valence-corrected chi connectivity index (χ4v) is 2.57. The molecule has 0 saturated heterocycles. The second-order valence-electron chi connectivity index (χ2n) is 5.07. The number of aromatic carboxylic acids is 1. The lowest BCUT2D eigenvalue weighted by Gasteiger charge is -2.09. The normalized spacial score (nSPS) is 11.0. The third-order valence-electron chi connectivity index (χ3n) is 3.44. The number of benzene rings is 1. The second-order valence-corrected chi connectivity index (χ2v) is 5.51. The Morgan fingerprint density at radius 3 is 2.88 bits per heavy atom. The van der Waals surface area contributed by atoms with Gasteiger partial charge in [-0.2, -0.15) is 0 Å². The van der Waals surface area contributed by atoms with Gasteiger partial charge in [-0.25, -0.2) is 18.6 Å². The van der Waals surface area contributed by atoms with Gasteiger partial charge in [0.2, 0.25) is 0 Å². The molecule has 124 valence electrons. The van der Waals surface area contributed by atoms with Gasteiger partial charge in [0.1, 0.15) is 6.61 Å². The molecule has 0 atom stereocenters. The van der Waals surface area contributed by atoms with E-state index < -0.39 is 17.6 Å². The van der Waals surface area contributed by atoms with Gasteiger partial charge in [-0.1, -0.05) is 23.7 Å². The van der Waals surface area contributed by atoms with E-state index in [0.717, 1.165) is 6.07 Å². The van der Waals surface area contributed by atoms with E-state index in [1.807, 2.05) is 0 Å². The molecule has 0 aliphatic carbocycles. The first kappa shape index (κ1) is 16.2. The molecule has 2 heterocycles. The number of fused-ring (bicyclic) bond motifs is 1. The Kier molecular flexibility index (Phi) is 4.11. The summed E-state index contributed by atoms with van der Waals surface area (Å²) in [5.74, 6) is -2.97. The van der Waals surface area contributed by atoms with Crippen molar-refractivity contribution in [2.24, 2.45) is 0 Å². The summed E-state index contributed by atoms with van der Waals surface area (Å²) < 4.78 is 33.7. The third kappa shape index (κ3) is 2.78. The zero-order valence-electron chi connectivity index (χ0n) is 12.4. The Morgan fingerprint density at radius 2 is 2.17 bits per heavy atom.